The van der Waals surface area contributed by atoms with E-state index < -0.39 is 14.2 Å². The highest BCUT2D eigenvalue weighted by Gasteiger charge is 2.25. The molecule has 1 aromatic heterocycles. The van der Waals surface area contributed by atoms with Crippen LogP contribution in [0.15, 0.2) is 18.2 Å². The van der Waals surface area contributed by atoms with Crippen molar-refractivity contribution in [2.75, 3.05) is 0 Å². The van der Waals surface area contributed by atoms with Crippen molar-refractivity contribution in [3.8, 4) is 11.5 Å². The average Bonchev–Trinajstić information content (AvgIpc) is 2.89. The standard InChI is InChI=1S/C16H23NOSi/c1-19(2,3)12-11-14-9-6-10-15(17-14)16(18)13-7-4-5-8-13/h6,9-10,13,16,18H,4-5,7-8H2,1-3H3. The predicted octanol–water partition coefficient (Wildman–Crippen LogP) is 3.53. The molecule has 1 fully saturated rings. The molecule has 2 rings (SSSR count). The van der Waals surface area contributed by atoms with Crippen molar-refractivity contribution < 1.29 is 5.11 Å². The Labute approximate surface area is 117 Å². The highest BCUT2D eigenvalue weighted by Crippen LogP contribution is 2.34. The molecule has 1 atom stereocenters. The third kappa shape index (κ3) is 4.19. The lowest BCUT2D eigenvalue weighted by Gasteiger charge is -2.17. The Morgan fingerprint density at radius 3 is 2.58 bits per heavy atom. The van der Waals surface area contributed by atoms with Crippen molar-refractivity contribution in [3.63, 3.8) is 0 Å². The van der Waals surface area contributed by atoms with Gasteiger partial charge in [-0.1, -0.05) is 44.5 Å². The maximum absolute atomic E-state index is 10.4. The Kier molecular flexibility index (Phi) is 4.44. The first-order valence-electron chi connectivity index (χ1n) is 7.14. The smallest absolute Gasteiger partial charge is 0.129 e. The molecular formula is C16H23NOSi. The number of aliphatic hydroxyl groups is 1. The topological polar surface area (TPSA) is 33.1 Å². The first-order valence-corrected chi connectivity index (χ1v) is 10.6. The second-order valence-corrected chi connectivity index (χ2v) is 11.2. The Bertz CT molecular complexity index is 489. The van der Waals surface area contributed by atoms with Crippen molar-refractivity contribution in [2.45, 2.75) is 51.4 Å². The van der Waals surface area contributed by atoms with Crippen LogP contribution < -0.4 is 0 Å². The monoisotopic (exact) mass is 273 g/mol. The minimum absolute atomic E-state index is 0.382. The molecule has 1 aliphatic carbocycles. The lowest BCUT2D eigenvalue weighted by atomic mass is 9.98. The third-order valence-corrected chi connectivity index (χ3v) is 4.36. The highest BCUT2D eigenvalue weighted by molar-refractivity contribution is 6.83. The van der Waals surface area contributed by atoms with Gasteiger partial charge in [0.2, 0.25) is 0 Å². The van der Waals surface area contributed by atoms with E-state index in [0.29, 0.717) is 5.92 Å². The van der Waals surface area contributed by atoms with Crippen molar-refractivity contribution in [2.24, 2.45) is 5.92 Å². The minimum atomic E-state index is -1.37. The third-order valence-electron chi connectivity index (χ3n) is 3.49. The quantitative estimate of drug-likeness (QED) is 0.660. The molecule has 102 valence electrons. The Balaban J connectivity index is 2.16. The van der Waals surface area contributed by atoms with Crippen LogP contribution in [-0.4, -0.2) is 18.2 Å². The van der Waals surface area contributed by atoms with Gasteiger partial charge < -0.3 is 5.11 Å². The van der Waals surface area contributed by atoms with E-state index in [1.54, 1.807) is 0 Å². The van der Waals surface area contributed by atoms with E-state index in [0.717, 1.165) is 24.2 Å². The number of rotatable bonds is 2. The maximum atomic E-state index is 10.4. The summed E-state index contributed by atoms with van der Waals surface area (Å²) in [6, 6.07) is 5.80. The molecule has 0 saturated heterocycles. The number of hydrogen-bond acceptors (Lipinski definition) is 2. The summed E-state index contributed by atoms with van der Waals surface area (Å²) in [5.74, 6) is 3.54. The molecule has 1 aliphatic rings. The highest BCUT2D eigenvalue weighted by atomic mass is 28.3. The van der Waals surface area contributed by atoms with Gasteiger partial charge in [-0.2, -0.15) is 0 Å². The first-order chi connectivity index (χ1) is 8.96. The molecule has 1 aromatic rings. The molecule has 0 spiro atoms. The van der Waals surface area contributed by atoms with Crippen LogP contribution in [0.25, 0.3) is 0 Å². The second-order valence-electron chi connectivity index (χ2n) is 6.44. The Morgan fingerprint density at radius 1 is 1.26 bits per heavy atom. The van der Waals surface area contributed by atoms with Crippen LogP contribution in [0.4, 0.5) is 0 Å². The molecule has 1 heterocycles. The number of aliphatic hydroxyl groups excluding tert-OH is 1. The van der Waals surface area contributed by atoms with Gasteiger partial charge in [-0.3, -0.25) is 0 Å². The molecule has 1 N–H and O–H groups in total. The van der Waals surface area contributed by atoms with Gasteiger partial charge in [0.15, 0.2) is 0 Å². The molecule has 1 saturated carbocycles. The van der Waals surface area contributed by atoms with Gasteiger partial charge in [0.25, 0.3) is 0 Å². The van der Waals surface area contributed by atoms with E-state index in [4.69, 9.17) is 0 Å². The van der Waals surface area contributed by atoms with Gasteiger partial charge in [0.1, 0.15) is 13.8 Å². The number of nitrogens with zero attached hydrogens (tertiary/aromatic N) is 1. The van der Waals surface area contributed by atoms with Gasteiger partial charge in [0, 0.05) is 0 Å². The van der Waals surface area contributed by atoms with Crippen LogP contribution in [0, 0.1) is 17.4 Å². The summed E-state index contributed by atoms with van der Waals surface area (Å²) in [5, 5.41) is 10.4. The predicted molar refractivity (Wildman–Crippen MR) is 81.4 cm³/mol. The number of aromatic nitrogens is 1. The van der Waals surface area contributed by atoms with Gasteiger partial charge in [-0.25, -0.2) is 4.98 Å². The summed E-state index contributed by atoms with van der Waals surface area (Å²) in [7, 11) is -1.37. The van der Waals surface area contributed by atoms with E-state index in [2.05, 4.69) is 36.1 Å². The maximum Gasteiger partial charge on any atom is 0.129 e. The largest absolute Gasteiger partial charge is 0.387 e. The summed E-state index contributed by atoms with van der Waals surface area (Å²) < 4.78 is 0. The second kappa shape index (κ2) is 5.90. The first kappa shape index (κ1) is 14.3. The zero-order chi connectivity index (χ0) is 13.9. The SMILES string of the molecule is C[Si](C)(C)C#Cc1cccc(C(O)C2CCCC2)n1. The van der Waals surface area contributed by atoms with Crippen molar-refractivity contribution in [1.29, 1.82) is 0 Å². The molecule has 0 radical (unpaired) electrons. The molecular weight excluding hydrogens is 250 g/mol. The van der Waals surface area contributed by atoms with Crippen molar-refractivity contribution >= 4 is 8.07 Å². The summed E-state index contributed by atoms with van der Waals surface area (Å²) in [6.07, 6.45) is 4.28. The minimum Gasteiger partial charge on any atom is -0.387 e. The Morgan fingerprint density at radius 2 is 1.95 bits per heavy atom. The fourth-order valence-electron chi connectivity index (χ4n) is 2.45. The normalized spacial score (nSPS) is 17.9. The van der Waals surface area contributed by atoms with E-state index in [1.165, 1.54) is 12.8 Å². The summed E-state index contributed by atoms with van der Waals surface area (Å²) >= 11 is 0. The molecule has 0 aromatic carbocycles. The van der Waals surface area contributed by atoms with Crippen LogP contribution in [0.1, 0.15) is 43.2 Å². The number of hydrogen-bond donors (Lipinski definition) is 1. The molecule has 1 unspecified atom stereocenters. The van der Waals surface area contributed by atoms with E-state index >= 15 is 0 Å². The lowest BCUT2D eigenvalue weighted by molar-refractivity contribution is 0.107. The summed E-state index contributed by atoms with van der Waals surface area (Å²) in [4.78, 5) is 4.52. The van der Waals surface area contributed by atoms with E-state index in [1.807, 2.05) is 18.2 Å². The molecule has 0 aliphatic heterocycles. The van der Waals surface area contributed by atoms with Crippen LogP contribution in [0.3, 0.4) is 0 Å². The molecule has 0 bridgehead atoms. The van der Waals surface area contributed by atoms with Gasteiger partial charge >= 0.3 is 0 Å². The molecule has 3 heteroatoms. The van der Waals surface area contributed by atoms with E-state index in [9.17, 15) is 5.11 Å². The zero-order valence-electron chi connectivity index (χ0n) is 12.1. The van der Waals surface area contributed by atoms with Crippen molar-refractivity contribution in [3.05, 3.63) is 29.6 Å². The molecule has 0 amide bonds. The van der Waals surface area contributed by atoms with Gasteiger partial charge in [-0.05, 0) is 30.9 Å². The van der Waals surface area contributed by atoms with E-state index in [-0.39, 0.29) is 0 Å². The van der Waals surface area contributed by atoms with Crippen LogP contribution in [0.5, 0.6) is 0 Å². The molecule has 2 nitrogen and oxygen atoms in total. The lowest BCUT2D eigenvalue weighted by Crippen LogP contribution is -2.16. The van der Waals surface area contributed by atoms with Gasteiger partial charge in [-0.15, -0.1) is 5.54 Å². The number of pyridine rings is 1. The van der Waals surface area contributed by atoms with Gasteiger partial charge in [0.05, 0.1) is 11.8 Å². The fraction of sp³-hybridized carbons (Fsp3) is 0.562. The summed E-state index contributed by atoms with van der Waals surface area (Å²) in [5.41, 5.74) is 4.89. The average molecular weight is 273 g/mol. The fourth-order valence-corrected chi connectivity index (χ4v) is 2.96. The van der Waals surface area contributed by atoms with Crippen LogP contribution in [-0.2, 0) is 0 Å². The van der Waals surface area contributed by atoms with Crippen LogP contribution in [0.2, 0.25) is 19.6 Å². The Hall–Kier alpha value is -1.11. The van der Waals surface area contributed by atoms with Crippen LogP contribution >= 0.6 is 0 Å². The zero-order valence-corrected chi connectivity index (χ0v) is 13.1. The summed E-state index contributed by atoms with van der Waals surface area (Å²) in [6.45, 7) is 6.66. The van der Waals surface area contributed by atoms with Crippen molar-refractivity contribution in [1.82, 2.24) is 4.98 Å². The molecule has 19 heavy (non-hydrogen) atoms.